The predicted molar refractivity (Wildman–Crippen MR) is 133 cm³/mol. The minimum absolute atomic E-state index is 0.0244. The topological polar surface area (TPSA) is 69.6 Å². The number of rotatable bonds is 3. The van der Waals surface area contributed by atoms with Crippen molar-refractivity contribution in [3.8, 4) is 0 Å². The maximum Gasteiger partial charge on any atom is 0.416 e. The van der Waals surface area contributed by atoms with E-state index < -0.39 is 40.5 Å². The summed E-state index contributed by atoms with van der Waals surface area (Å²) in [7, 11) is 0. The number of carbonyl (C=O) groups excluding carboxylic acids is 2. The summed E-state index contributed by atoms with van der Waals surface area (Å²) in [5.74, 6) is -1.26. The van der Waals surface area contributed by atoms with Gasteiger partial charge in [-0.3, -0.25) is 14.5 Å². The normalized spacial score (nSPS) is 17.6. The van der Waals surface area contributed by atoms with E-state index in [1.54, 1.807) is 30.3 Å². The number of para-hydroxylation sites is 1. The predicted octanol–water partition coefficient (Wildman–Crippen LogP) is 5.65. The number of carbonyl (C=O) groups is 2. The summed E-state index contributed by atoms with van der Waals surface area (Å²) in [5.41, 5.74) is -4.33. The van der Waals surface area contributed by atoms with E-state index in [1.807, 2.05) is 4.90 Å². The third-order valence-corrected chi connectivity index (χ3v) is 7.28. The third kappa shape index (κ3) is 5.05. The second kappa shape index (κ2) is 9.95. The lowest BCUT2D eigenvalue weighted by atomic mass is 9.85. The fourth-order valence-electron chi connectivity index (χ4n) is 5.08. The molecule has 0 N–H and O–H groups in total. The van der Waals surface area contributed by atoms with Crippen molar-refractivity contribution in [1.29, 1.82) is 0 Å². The van der Waals surface area contributed by atoms with Crippen molar-refractivity contribution in [3.05, 3.63) is 82.6 Å². The lowest BCUT2D eigenvalue weighted by molar-refractivity contribution is -0.143. The molecule has 0 unspecified atom stereocenters. The van der Waals surface area contributed by atoms with E-state index in [4.69, 9.17) is 11.6 Å². The summed E-state index contributed by atoms with van der Waals surface area (Å²) in [6, 6.07) is 11.2. The summed E-state index contributed by atoms with van der Waals surface area (Å²) < 4.78 is 80.0. The van der Waals surface area contributed by atoms with Crippen LogP contribution >= 0.6 is 11.6 Å². The lowest BCUT2D eigenvalue weighted by Crippen LogP contribution is -2.57. The fourth-order valence-corrected chi connectivity index (χ4v) is 5.21. The average Bonchev–Trinajstić information content (AvgIpc) is 3.19. The molecule has 1 aromatic heterocycles. The molecule has 40 heavy (non-hydrogen) atoms. The van der Waals surface area contributed by atoms with E-state index in [0.717, 1.165) is 4.90 Å². The Balaban J connectivity index is 1.45. The van der Waals surface area contributed by atoms with E-state index >= 15 is 0 Å². The molecule has 0 aliphatic carbocycles. The zero-order valence-electron chi connectivity index (χ0n) is 20.5. The van der Waals surface area contributed by atoms with Crippen molar-refractivity contribution in [2.75, 3.05) is 29.6 Å². The maximum absolute atomic E-state index is 13.8. The monoisotopic (exact) mass is 583 g/mol. The van der Waals surface area contributed by atoms with Gasteiger partial charge in [-0.15, -0.1) is 0 Å². The van der Waals surface area contributed by atoms with Crippen LogP contribution in [-0.4, -0.2) is 52.0 Å². The number of anilines is 2. The van der Waals surface area contributed by atoms with Crippen LogP contribution in [0.15, 0.2) is 60.8 Å². The molecule has 0 saturated carbocycles. The highest BCUT2D eigenvalue weighted by Gasteiger charge is 2.55. The van der Waals surface area contributed by atoms with Gasteiger partial charge in [-0.05, 0) is 49.2 Å². The Morgan fingerprint density at radius 3 is 2.05 bits per heavy atom. The van der Waals surface area contributed by atoms with Gasteiger partial charge in [0, 0.05) is 30.5 Å². The van der Waals surface area contributed by atoms with Crippen molar-refractivity contribution in [1.82, 2.24) is 14.9 Å². The van der Waals surface area contributed by atoms with Gasteiger partial charge in [-0.2, -0.15) is 26.3 Å². The molecular formula is C26H20ClF6N5O2. The minimum atomic E-state index is -5.08. The Bertz CT molecular complexity index is 1410. The van der Waals surface area contributed by atoms with Crippen molar-refractivity contribution >= 4 is 35.1 Å². The van der Waals surface area contributed by atoms with Crippen molar-refractivity contribution in [2.24, 2.45) is 0 Å². The highest BCUT2D eigenvalue weighted by Crippen LogP contribution is 2.41. The SMILES string of the molecule is O=C(c1cc(C(F)(F)F)cc(C(F)(F)F)c1)N1CCC2(CC1)C(=O)N(c1nccc(Cl)n1)CN2c1ccccc1. The van der Waals surface area contributed by atoms with Crippen LogP contribution in [0, 0.1) is 0 Å². The molecule has 14 heteroatoms. The van der Waals surface area contributed by atoms with Gasteiger partial charge < -0.3 is 9.80 Å². The molecule has 2 aliphatic heterocycles. The first-order valence-corrected chi connectivity index (χ1v) is 12.4. The average molecular weight is 584 g/mol. The second-order valence-electron chi connectivity index (χ2n) is 9.44. The van der Waals surface area contributed by atoms with Gasteiger partial charge >= 0.3 is 12.4 Å². The Hall–Kier alpha value is -3.87. The van der Waals surface area contributed by atoms with Gasteiger partial charge in [0.1, 0.15) is 17.4 Å². The van der Waals surface area contributed by atoms with E-state index in [0.29, 0.717) is 17.8 Å². The number of hydrogen-bond donors (Lipinski definition) is 0. The molecule has 3 aromatic rings. The molecule has 3 heterocycles. The Labute approximate surface area is 229 Å². The molecule has 2 amide bonds. The van der Waals surface area contributed by atoms with Gasteiger partial charge in [-0.25, -0.2) is 9.97 Å². The summed E-state index contributed by atoms with van der Waals surface area (Å²) in [6.07, 6.45) is -8.63. The summed E-state index contributed by atoms with van der Waals surface area (Å²) in [4.78, 5) is 39.7. The molecule has 1 spiro atoms. The summed E-state index contributed by atoms with van der Waals surface area (Å²) in [5, 5.41) is 0.129. The number of alkyl halides is 6. The fraction of sp³-hybridized carbons (Fsp3) is 0.308. The zero-order chi connectivity index (χ0) is 28.9. The van der Waals surface area contributed by atoms with E-state index in [1.165, 1.54) is 17.2 Å². The number of amides is 2. The molecule has 5 rings (SSSR count). The number of piperidine rings is 1. The number of aromatic nitrogens is 2. The van der Waals surface area contributed by atoms with E-state index in [-0.39, 0.29) is 55.7 Å². The Kier molecular flexibility index (Phi) is 6.89. The molecule has 0 atom stereocenters. The third-order valence-electron chi connectivity index (χ3n) is 7.07. The maximum atomic E-state index is 13.8. The first-order valence-electron chi connectivity index (χ1n) is 12.0. The van der Waals surface area contributed by atoms with Gasteiger partial charge in [-0.1, -0.05) is 29.8 Å². The highest BCUT2D eigenvalue weighted by atomic mass is 35.5. The molecule has 7 nitrogen and oxygen atoms in total. The molecule has 2 saturated heterocycles. The number of likely N-dealkylation sites (tertiary alicyclic amines) is 1. The lowest BCUT2D eigenvalue weighted by Gasteiger charge is -2.43. The van der Waals surface area contributed by atoms with Crippen LogP contribution in [-0.2, 0) is 17.1 Å². The smallest absolute Gasteiger partial charge is 0.338 e. The number of nitrogens with zero attached hydrogens (tertiary/aromatic N) is 5. The largest absolute Gasteiger partial charge is 0.416 e. The Morgan fingerprint density at radius 2 is 1.50 bits per heavy atom. The quantitative estimate of drug-likeness (QED) is 0.294. The van der Waals surface area contributed by atoms with Gasteiger partial charge in [0.15, 0.2) is 0 Å². The van der Waals surface area contributed by atoms with E-state index in [9.17, 15) is 35.9 Å². The standard InChI is InChI=1S/C26H20ClF6N5O2/c27-20-6-9-34-23(35-20)37-15-38(19-4-2-1-3-5-19)24(22(37)40)7-10-36(11-8-24)21(39)16-12-17(25(28,29)30)14-18(13-16)26(31,32)33/h1-6,9,12-14H,7-8,10-11,15H2. The van der Waals surface area contributed by atoms with Crippen LogP contribution < -0.4 is 9.80 Å². The first kappa shape index (κ1) is 27.7. The van der Waals surface area contributed by atoms with Crippen molar-refractivity contribution in [3.63, 3.8) is 0 Å². The van der Waals surface area contributed by atoms with E-state index in [2.05, 4.69) is 9.97 Å². The van der Waals surface area contributed by atoms with Crippen LogP contribution in [0.1, 0.15) is 34.3 Å². The molecule has 2 aliphatic rings. The van der Waals surface area contributed by atoms with Crippen LogP contribution in [0.25, 0.3) is 0 Å². The van der Waals surface area contributed by atoms with Crippen LogP contribution in [0.2, 0.25) is 5.15 Å². The van der Waals surface area contributed by atoms with Crippen LogP contribution in [0.4, 0.5) is 38.0 Å². The van der Waals surface area contributed by atoms with Gasteiger partial charge in [0.2, 0.25) is 5.95 Å². The van der Waals surface area contributed by atoms with Crippen LogP contribution in [0.3, 0.4) is 0 Å². The molecule has 0 bridgehead atoms. The summed E-state index contributed by atoms with van der Waals surface area (Å²) in [6.45, 7) is -0.106. The molecule has 210 valence electrons. The number of benzene rings is 2. The zero-order valence-corrected chi connectivity index (χ0v) is 21.3. The second-order valence-corrected chi connectivity index (χ2v) is 9.82. The van der Waals surface area contributed by atoms with Gasteiger partial charge in [0.25, 0.3) is 11.8 Å². The number of hydrogen-bond acceptors (Lipinski definition) is 5. The first-order chi connectivity index (χ1) is 18.8. The number of halogens is 7. The van der Waals surface area contributed by atoms with Crippen molar-refractivity contribution < 1.29 is 35.9 Å². The molecule has 2 aromatic carbocycles. The van der Waals surface area contributed by atoms with Crippen molar-refractivity contribution in [2.45, 2.75) is 30.7 Å². The Morgan fingerprint density at radius 1 is 0.900 bits per heavy atom. The van der Waals surface area contributed by atoms with Gasteiger partial charge in [0.05, 0.1) is 11.1 Å². The minimum Gasteiger partial charge on any atom is -0.338 e. The summed E-state index contributed by atoms with van der Waals surface area (Å²) >= 11 is 6.00. The highest BCUT2D eigenvalue weighted by molar-refractivity contribution is 6.29. The molecule has 0 radical (unpaired) electrons. The molecular weight excluding hydrogens is 564 g/mol. The van der Waals surface area contributed by atoms with Crippen LogP contribution in [0.5, 0.6) is 0 Å². The molecule has 2 fully saturated rings.